The van der Waals surface area contributed by atoms with Crippen molar-refractivity contribution in [3.05, 3.63) is 84.4 Å². The fourth-order valence-electron chi connectivity index (χ4n) is 2.53. The first kappa shape index (κ1) is 17.2. The van der Waals surface area contributed by atoms with Crippen LogP contribution in [0, 0.1) is 0 Å². The van der Waals surface area contributed by atoms with Crippen molar-refractivity contribution in [3.63, 3.8) is 0 Å². The lowest BCUT2D eigenvalue weighted by atomic mass is 10.1. The average Bonchev–Trinajstić information content (AvgIpc) is 2.93. The Kier molecular flexibility index (Phi) is 5.80. The fraction of sp³-hybridized carbons (Fsp3) is 0.150. The van der Waals surface area contributed by atoms with E-state index < -0.39 is 0 Å². The summed E-state index contributed by atoms with van der Waals surface area (Å²) in [5.74, 6) is 0.0578. The predicted molar refractivity (Wildman–Crippen MR) is 105 cm³/mol. The van der Waals surface area contributed by atoms with Crippen LogP contribution in [0.3, 0.4) is 0 Å². The van der Waals surface area contributed by atoms with Gasteiger partial charge in [-0.2, -0.15) is 5.10 Å². The summed E-state index contributed by atoms with van der Waals surface area (Å²) in [6.45, 7) is 4.17. The number of hydrogen-bond donors (Lipinski definition) is 0. The molecule has 2 aromatic rings. The second-order valence-electron chi connectivity index (χ2n) is 5.57. The molecular formula is C20H19N3OS. The van der Waals surface area contributed by atoms with Crippen molar-refractivity contribution in [2.45, 2.75) is 11.7 Å². The molecule has 1 saturated heterocycles. The first-order valence-corrected chi connectivity index (χ1v) is 8.95. The molecule has 4 nitrogen and oxygen atoms in total. The Balaban J connectivity index is 1.75. The number of nitrogens with zero attached hydrogens (tertiary/aromatic N) is 3. The van der Waals surface area contributed by atoms with Crippen LogP contribution in [-0.2, 0) is 11.2 Å². The third-order valence-corrected chi connectivity index (χ3v) is 4.91. The molecule has 3 rings (SSSR count). The molecule has 0 aliphatic carbocycles. The first-order valence-electron chi connectivity index (χ1n) is 8.07. The van der Waals surface area contributed by atoms with Gasteiger partial charge in [-0.3, -0.25) is 9.69 Å². The summed E-state index contributed by atoms with van der Waals surface area (Å²) in [6, 6.07) is 19.8. The molecule has 1 amide bonds. The number of amidine groups is 1. The van der Waals surface area contributed by atoms with Crippen LogP contribution >= 0.6 is 11.8 Å². The molecule has 0 unspecified atom stereocenters. The molecule has 1 aliphatic rings. The van der Waals surface area contributed by atoms with Gasteiger partial charge in [-0.1, -0.05) is 78.5 Å². The van der Waals surface area contributed by atoms with Crippen LogP contribution in [0.2, 0.25) is 0 Å². The van der Waals surface area contributed by atoms with Crippen molar-refractivity contribution in [3.8, 4) is 0 Å². The molecule has 0 aromatic heterocycles. The van der Waals surface area contributed by atoms with Gasteiger partial charge in [0.25, 0.3) is 0 Å². The molecule has 1 aliphatic heterocycles. The number of thioether (sulfide) groups is 1. The number of amides is 1. The van der Waals surface area contributed by atoms with Crippen LogP contribution in [0.15, 0.2) is 83.5 Å². The van der Waals surface area contributed by atoms with Crippen LogP contribution in [0.4, 0.5) is 0 Å². The van der Waals surface area contributed by atoms with E-state index >= 15 is 0 Å². The molecule has 126 valence electrons. The van der Waals surface area contributed by atoms with Crippen molar-refractivity contribution >= 4 is 29.1 Å². The van der Waals surface area contributed by atoms with Gasteiger partial charge < -0.3 is 0 Å². The highest BCUT2D eigenvalue weighted by molar-refractivity contribution is 8.15. The maximum absolute atomic E-state index is 12.7. The van der Waals surface area contributed by atoms with Gasteiger partial charge in [0.2, 0.25) is 5.91 Å². The van der Waals surface area contributed by atoms with Gasteiger partial charge in [0.15, 0.2) is 5.17 Å². The summed E-state index contributed by atoms with van der Waals surface area (Å²) in [5, 5.41) is 8.86. The first-order chi connectivity index (χ1) is 12.3. The Hall–Kier alpha value is -2.66. The monoisotopic (exact) mass is 349 g/mol. The zero-order valence-electron chi connectivity index (χ0n) is 13.8. The second-order valence-corrected chi connectivity index (χ2v) is 6.74. The van der Waals surface area contributed by atoms with E-state index in [0.717, 1.165) is 11.1 Å². The Morgan fingerprint density at radius 1 is 1.08 bits per heavy atom. The molecule has 0 spiro atoms. The minimum Gasteiger partial charge on any atom is -0.285 e. The Morgan fingerprint density at radius 2 is 1.76 bits per heavy atom. The van der Waals surface area contributed by atoms with Crippen LogP contribution in [0.5, 0.6) is 0 Å². The fourth-order valence-corrected chi connectivity index (χ4v) is 3.67. The van der Waals surface area contributed by atoms with E-state index in [9.17, 15) is 4.79 Å². The maximum Gasteiger partial charge on any atom is 0.242 e. The number of rotatable bonds is 6. The van der Waals surface area contributed by atoms with Gasteiger partial charge >= 0.3 is 0 Å². The van der Waals surface area contributed by atoms with E-state index in [0.29, 0.717) is 18.1 Å². The number of carbonyl (C=O) groups excluding carboxylic acids is 1. The van der Waals surface area contributed by atoms with Crippen LogP contribution in [0.25, 0.3) is 0 Å². The molecule has 0 saturated carbocycles. The Morgan fingerprint density at radius 3 is 2.44 bits per heavy atom. The van der Waals surface area contributed by atoms with Gasteiger partial charge in [-0.05, 0) is 17.5 Å². The molecule has 0 radical (unpaired) electrons. The molecule has 25 heavy (non-hydrogen) atoms. The van der Waals surface area contributed by atoms with E-state index in [1.54, 1.807) is 17.2 Å². The standard InChI is InChI=1S/C20H19N3OS/c1-2-13-23-19(24)18(14-16-9-5-3-6-10-16)25-20(23)22-21-15-17-11-7-4-8-12-17/h2-12,15,18H,1,13-14H2/b21-15-,22-20+/t18-/m1/s1. The number of hydrogen-bond acceptors (Lipinski definition) is 4. The van der Waals surface area contributed by atoms with Crippen LogP contribution in [-0.4, -0.2) is 34.0 Å². The van der Waals surface area contributed by atoms with Crippen LogP contribution < -0.4 is 0 Å². The lowest BCUT2D eigenvalue weighted by molar-refractivity contribution is -0.125. The van der Waals surface area contributed by atoms with E-state index in [2.05, 4.69) is 16.8 Å². The van der Waals surface area contributed by atoms with Crippen LogP contribution in [0.1, 0.15) is 11.1 Å². The summed E-state index contributed by atoms with van der Waals surface area (Å²) in [5.41, 5.74) is 2.11. The summed E-state index contributed by atoms with van der Waals surface area (Å²) in [6.07, 6.45) is 4.08. The summed E-state index contributed by atoms with van der Waals surface area (Å²) in [4.78, 5) is 14.3. The molecule has 1 fully saturated rings. The van der Waals surface area contributed by atoms with Gasteiger partial charge in [-0.15, -0.1) is 11.7 Å². The molecule has 0 N–H and O–H groups in total. The zero-order chi connectivity index (χ0) is 17.5. The molecule has 2 aromatic carbocycles. The van der Waals surface area contributed by atoms with Gasteiger partial charge in [0, 0.05) is 6.54 Å². The van der Waals surface area contributed by atoms with Gasteiger partial charge in [-0.25, -0.2) is 0 Å². The average molecular weight is 349 g/mol. The molecular weight excluding hydrogens is 330 g/mol. The van der Waals surface area contributed by atoms with E-state index in [1.165, 1.54) is 11.8 Å². The largest absolute Gasteiger partial charge is 0.285 e. The normalized spacial score (nSPS) is 19.0. The van der Waals surface area contributed by atoms with Crippen molar-refractivity contribution < 1.29 is 4.79 Å². The maximum atomic E-state index is 12.7. The smallest absolute Gasteiger partial charge is 0.242 e. The number of benzene rings is 2. The summed E-state index contributed by atoms with van der Waals surface area (Å²) < 4.78 is 0. The zero-order valence-corrected chi connectivity index (χ0v) is 14.6. The van der Waals surface area contributed by atoms with E-state index in [-0.39, 0.29) is 11.2 Å². The highest BCUT2D eigenvalue weighted by Crippen LogP contribution is 2.29. The second kappa shape index (κ2) is 8.44. The molecule has 0 bridgehead atoms. The quantitative estimate of drug-likeness (QED) is 0.453. The predicted octanol–water partition coefficient (Wildman–Crippen LogP) is 3.75. The van der Waals surface area contributed by atoms with E-state index in [4.69, 9.17) is 0 Å². The third kappa shape index (κ3) is 4.45. The minimum atomic E-state index is -0.173. The molecule has 1 heterocycles. The van der Waals surface area contributed by atoms with Gasteiger partial charge in [0.05, 0.1) is 11.5 Å². The molecule has 5 heteroatoms. The van der Waals surface area contributed by atoms with Gasteiger partial charge in [0.1, 0.15) is 0 Å². The Bertz CT molecular complexity index is 787. The lowest BCUT2D eigenvalue weighted by Gasteiger charge is -2.12. The third-order valence-electron chi connectivity index (χ3n) is 3.75. The topological polar surface area (TPSA) is 45.0 Å². The Labute approximate surface area is 152 Å². The SMILES string of the molecule is C=CCN1C(=O)[C@@H](Cc2ccccc2)S/C1=N/N=C\c1ccccc1. The summed E-state index contributed by atoms with van der Waals surface area (Å²) in [7, 11) is 0. The highest BCUT2D eigenvalue weighted by atomic mass is 32.2. The highest BCUT2D eigenvalue weighted by Gasteiger charge is 2.37. The van der Waals surface area contributed by atoms with Crippen molar-refractivity contribution in [1.29, 1.82) is 0 Å². The lowest BCUT2D eigenvalue weighted by Crippen LogP contribution is -2.32. The minimum absolute atomic E-state index is 0.0578. The van der Waals surface area contributed by atoms with Crippen molar-refractivity contribution in [1.82, 2.24) is 4.90 Å². The number of carbonyl (C=O) groups is 1. The summed E-state index contributed by atoms with van der Waals surface area (Å²) >= 11 is 1.46. The van der Waals surface area contributed by atoms with Crippen molar-refractivity contribution in [2.24, 2.45) is 10.2 Å². The molecule has 1 atom stereocenters. The van der Waals surface area contributed by atoms with Crippen molar-refractivity contribution in [2.75, 3.05) is 6.54 Å². The van der Waals surface area contributed by atoms with E-state index in [1.807, 2.05) is 60.7 Å².